The van der Waals surface area contributed by atoms with Gasteiger partial charge in [-0.1, -0.05) is 0 Å². The van der Waals surface area contributed by atoms with E-state index < -0.39 is 0 Å². The molecule has 6 heteroatoms. The molecule has 1 aliphatic heterocycles. The predicted molar refractivity (Wildman–Crippen MR) is 87.8 cm³/mol. The van der Waals surface area contributed by atoms with Gasteiger partial charge in [-0.15, -0.1) is 0 Å². The molecule has 5 nitrogen and oxygen atoms in total. The number of likely N-dealkylation sites (N-methyl/N-ethyl adjacent to an activating group) is 1. The molecular weight excluding hydrogens is 270 g/mol. The number of hydrogen-bond donors (Lipinski definition) is 1. The third-order valence-electron chi connectivity index (χ3n) is 3.64. The summed E-state index contributed by atoms with van der Waals surface area (Å²) < 4.78 is 0. The van der Waals surface area contributed by atoms with E-state index in [-0.39, 0.29) is 0 Å². The third-order valence-corrected chi connectivity index (χ3v) is 4.58. The van der Waals surface area contributed by atoms with Crippen molar-refractivity contribution in [1.29, 1.82) is 0 Å². The Morgan fingerprint density at radius 1 is 1.35 bits per heavy atom. The van der Waals surface area contributed by atoms with Crippen molar-refractivity contribution in [2.45, 2.75) is 19.9 Å². The molecule has 0 radical (unpaired) electrons. The smallest absolute Gasteiger partial charge is 0.134 e. The second-order valence-electron chi connectivity index (χ2n) is 5.36. The summed E-state index contributed by atoms with van der Waals surface area (Å²) in [6.45, 7) is 8.49. The number of aromatic nitrogens is 2. The fourth-order valence-corrected chi connectivity index (χ4v) is 2.93. The van der Waals surface area contributed by atoms with Crippen LogP contribution in [-0.2, 0) is 0 Å². The second-order valence-corrected chi connectivity index (χ2v) is 6.59. The third kappa shape index (κ3) is 4.52. The van der Waals surface area contributed by atoms with Crippen LogP contribution in [0, 0.1) is 0 Å². The Kier molecular flexibility index (Phi) is 5.91. The fraction of sp³-hybridized carbons (Fsp3) is 0.714. The fourth-order valence-electron chi connectivity index (χ4n) is 2.03. The van der Waals surface area contributed by atoms with E-state index in [1.165, 1.54) is 11.5 Å². The van der Waals surface area contributed by atoms with Gasteiger partial charge in [0.15, 0.2) is 0 Å². The van der Waals surface area contributed by atoms with Crippen LogP contribution in [0.4, 0.5) is 11.6 Å². The zero-order valence-corrected chi connectivity index (χ0v) is 13.5. The number of hydrogen-bond acceptors (Lipinski definition) is 6. The standard InChI is InChI=1S/C14H25N5S/c1-12(2)18(3)5-4-15-13-10-14(17-11-16-13)19-6-8-20-9-7-19/h10-12H,4-9H2,1-3H3,(H,15,16,17). The Balaban J connectivity index is 1.86. The van der Waals surface area contributed by atoms with Crippen LogP contribution < -0.4 is 10.2 Å². The minimum absolute atomic E-state index is 0.573. The Labute approximate surface area is 126 Å². The van der Waals surface area contributed by atoms with Crippen molar-refractivity contribution >= 4 is 23.4 Å². The van der Waals surface area contributed by atoms with E-state index in [9.17, 15) is 0 Å². The maximum absolute atomic E-state index is 4.39. The van der Waals surface area contributed by atoms with E-state index in [0.717, 1.165) is 37.8 Å². The lowest BCUT2D eigenvalue weighted by atomic mass is 10.3. The van der Waals surface area contributed by atoms with Gasteiger partial charge in [-0.2, -0.15) is 11.8 Å². The molecule has 1 fully saturated rings. The Morgan fingerprint density at radius 3 is 2.80 bits per heavy atom. The second kappa shape index (κ2) is 7.69. The lowest BCUT2D eigenvalue weighted by Crippen LogP contribution is -2.33. The van der Waals surface area contributed by atoms with Crippen molar-refractivity contribution in [1.82, 2.24) is 14.9 Å². The highest BCUT2D eigenvalue weighted by atomic mass is 32.2. The quantitative estimate of drug-likeness (QED) is 0.863. The maximum atomic E-state index is 4.39. The van der Waals surface area contributed by atoms with Gasteiger partial charge in [0.05, 0.1) is 0 Å². The van der Waals surface area contributed by atoms with E-state index in [1.54, 1.807) is 6.33 Å². The molecule has 2 rings (SSSR count). The van der Waals surface area contributed by atoms with Crippen LogP contribution in [0.2, 0.25) is 0 Å². The molecule has 1 aromatic heterocycles. The molecule has 0 saturated carbocycles. The maximum Gasteiger partial charge on any atom is 0.134 e. The largest absolute Gasteiger partial charge is 0.369 e. The highest BCUT2D eigenvalue weighted by Gasteiger charge is 2.12. The summed E-state index contributed by atoms with van der Waals surface area (Å²) in [6, 6.07) is 2.63. The van der Waals surface area contributed by atoms with Crippen LogP contribution >= 0.6 is 11.8 Å². The molecule has 1 saturated heterocycles. The minimum Gasteiger partial charge on any atom is -0.369 e. The summed E-state index contributed by atoms with van der Waals surface area (Å²) in [5, 5.41) is 3.39. The van der Waals surface area contributed by atoms with Crippen LogP contribution in [0.25, 0.3) is 0 Å². The van der Waals surface area contributed by atoms with Crippen molar-refractivity contribution in [2.24, 2.45) is 0 Å². The summed E-state index contributed by atoms with van der Waals surface area (Å²) in [6.07, 6.45) is 1.66. The van der Waals surface area contributed by atoms with Crippen LogP contribution in [0.3, 0.4) is 0 Å². The van der Waals surface area contributed by atoms with Gasteiger partial charge >= 0.3 is 0 Å². The minimum atomic E-state index is 0.573. The van der Waals surface area contributed by atoms with Gasteiger partial charge in [0.1, 0.15) is 18.0 Å². The summed E-state index contributed by atoms with van der Waals surface area (Å²) >= 11 is 2.01. The molecule has 0 spiro atoms. The molecule has 2 heterocycles. The van der Waals surface area contributed by atoms with Gasteiger partial charge in [-0.25, -0.2) is 9.97 Å². The highest BCUT2D eigenvalue weighted by Crippen LogP contribution is 2.18. The molecule has 1 aromatic rings. The molecule has 0 amide bonds. The number of nitrogens with zero attached hydrogens (tertiary/aromatic N) is 4. The number of thioether (sulfide) groups is 1. The molecule has 20 heavy (non-hydrogen) atoms. The summed E-state index contributed by atoms with van der Waals surface area (Å²) in [4.78, 5) is 13.3. The van der Waals surface area contributed by atoms with Gasteiger partial charge in [0, 0.05) is 49.8 Å². The van der Waals surface area contributed by atoms with E-state index in [2.05, 4.69) is 52.0 Å². The monoisotopic (exact) mass is 295 g/mol. The molecule has 0 unspecified atom stereocenters. The zero-order chi connectivity index (χ0) is 14.4. The summed E-state index contributed by atoms with van der Waals surface area (Å²) in [5.74, 6) is 4.34. The van der Waals surface area contributed by atoms with E-state index >= 15 is 0 Å². The average molecular weight is 295 g/mol. The van der Waals surface area contributed by atoms with Gasteiger partial charge in [0.25, 0.3) is 0 Å². The molecule has 1 N–H and O–H groups in total. The van der Waals surface area contributed by atoms with Crippen LogP contribution in [0.15, 0.2) is 12.4 Å². The first-order valence-electron chi connectivity index (χ1n) is 7.25. The average Bonchev–Trinajstić information content (AvgIpc) is 2.48. The molecule has 1 aliphatic rings. The van der Waals surface area contributed by atoms with Crippen LogP contribution in [0.1, 0.15) is 13.8 Å². The number of anilines is 2. The first kappa shape index (κ1) is 15.4. The van der Waals surface area contributed by atoms with Crippen molar-refractivity contribution in [3.63, 3.8) is 0 Å². The molecule has 0 aliphatic carbocycles. The van der Waals surface area contributed by atoms with Gasteiger partial charge in [-0.3, -0.25) is 0 Å². The molecule has 112 valence electrons. The van der Waals surface area contributed by atoms with Crippen molar-refractivity contribution in [2.75, 3.05) is 54.9 Å². The van der Waals surface area contributed by atoms with Crippen LogP contribution in [0.5, 0.6) is 0 Å². The summed E-state index contributed by atoms with van der Waals surface area (Å²) in [7, 11) is 2.14. The number of rotatable bonds is 6. The van der Waals surface area contributed by atoms with Crippen molar-refractivity contribution in [3.05, 3.63) is 12.4 Å². The predicted octanol–water partition coefficient (Wildman–Crippen LogP) is 1.78. The van der Waals surface area contributed by atoms with Gasteiger partial charge < -0.3 is 15.1 Å². The van der Waals surface area contributed by atoms with Crippen LogP contribution in [-0.4, -0.2) is 65.6 Å². The summed E-state index contributed by atoms with van der Waals surface area (Å²) in [5.41, 5.74) is 0. The van der Waals surface area contributed by atoms with Gasteiger partial charge in [0.2, 0.25) is 0 Å². The zero-order valence-electron chi connectivity index (χ0n) is 12.7. The Hall–Kier alpha value is -1.01. The number of nitrogens with one attached hydrogen (secondary N) is 1. The normalized spacial score (nSPS) is 15.9. The lowest BCUT2D eigenvalue weighted by Gasteiger charge is -2.27. The Morgan fingerprint density at radius 2 is 2.10 bits per heavy atom. The van der Waals surface area contributed by atoms with Gasteiger partial charge in [-0.05, 0) is 20.9 Å². The molecule has 0 aromatic carbocycles. The lowest BCUT2D eigenvalue weighted by molar-refractivity contribution is 0.284. The van der Waals surface area contributed by atoms with E-state index in [4.69, 9.17) is 0 Å². The van der Waals surface area contributed by atoms with E-state index in [1.807, 2.05) is 11.8 Å². The van der Waals surface area contributed by atoms with Crippen molar-refractivity contribution in [3.8, 4) is 0 Å². The molecular formula is C14H25N5S. The highest BCUT2D eigenvalue weighted by molar-refractivity contribution is 7.99. The van der Waals surface area contributed by atoms with Crippen molar-refractivity contribution < 1.29 is 0 Å². The SMILES string of the molecule is CC(C)N(C)CCNc1cc(N2CCSCC2)ncn1. The Bertz CT molecular complexity index is 406. The molecule has 0 atom stereocenters. The molecule has 0 bridgehead atoms. The first-order valence-corrected chi connectivity index (χ1v) is 8.41. The first-order chi connectivity index (χ1) is 9.66. The topological polar surface area (TPSA) is 44.3 Å². The van der Waals surface area contributed by atoms with E-state index in [0.29, 0.717) is 6.04 Å².